The number of aromatic nitrogens is 2. The van der Waals surface area contributed by atoms with E-state index in [2.05, 4.69) is 46.0 Å². The third kappa shape index (κ3) is 2.56. The Morgan fingerprint density at radius 3 is 3.00 bits per heavy atom. The first-order valence-corrected chi connectivity index (χ1v) is 8.48. The molecule has 1 aliphatic rings. The minimum Gasteiger partial charge on any atom is -0.333 e. The van der Waals surface area contributed by atoms with Gasteiger partial charge in [-0.3, -0.25) is 0 Å². The van der Waals surface area contributed by atoms with E-state index >= 15 is 0 Å². The molecule has 2 heterocycles. The van der Waals surface area contributed by atoms with Gasteiger partial charge >= 0.3 is 0 Å². The van der Waals surface area contributed by atoms with Crippen molar-refractivity contribution in [2.24, 2.45) is 11.7 Å². The zero-order valence-corrected chi connectivity index (χ0v) is 14.1. The van der Waals surface area contributed by atoms with E-state index in [-0.39, 0.29) is 0 Å². The van der Waals surface area contributed by atoms with Gasteiger partial charge in [-0.2, -0.15) is 4.98 Å². The third-order valence-electron chi connectivity index (χ3n) is 3.97. The smallest absolute Gasteiger partial charge is 0.268 e. The number of thiophene rings is 1. The summed E-state index contributed by atoms with van der Waals surface area (Å²) in [5.74, 6) is 1.84. The Morgan fingerprint density at radius 1 is 1.55 bits per heavy atom. The summed E-state index contributed by atoms with van der Waals surface area (Å²) in [4.78, 5) is 5.54. The largest absolute Gasteiger partial charge is 0.333 e. The molecule has 2 aromatic rings. The molecule has 2 aromatic heterocycles. The molecule has 20 heavy (non-hydrogen) atoms. The molecule has 0 aliphatic heterocycles. The van der Waals surface area contributed by atoms with Gasteiger partial charge in [0.25, 0.3) is 5.89 Å². The van der Waals surface area contributed by atoms with E-state index in [1.165, 1.54) is 12.0 Å². The highest BCUT2D eigenvalue weighted by Gasteiger charge is 2.37. The van der Waals surface area contributed by atoms with E-state index in [1.54, 1.807) is 11.3 Å². The van der Waals surface area contributed by atoms with E-state index in [9.17, 15) is 0 Å². The predicted octanol–water partition coefficient (Wildman–Crippen LogP) is 4.23. The van der Waals surface area contributed by atoms with Crippen molar-refractivity contribution in [1.82, 2.24) is 10.1 Å². The summed E-state index contributed by atoms with van der Waals surface area (Å²) in [5, 5.41) is 4.14. The van der Waals surface area contributed by atoms with E-state index in [4.69, 9.17) is 10.3 Å². The standard InChI is InChI=1S/C14H18BrN3OS/c1-8-4-3-5-14(16,7-8)13-17-12(19-18-13)10-6-9(2)11(15)20-10/h6,8H,3-5,7,16H2,1-2H3. The Hall–Kier alpha value is -0.720. The highest BCUT2D eigenvalue weighted by molar-refractivity contribution is 9.11. The Kier molecular flexibility index (Phi) is 3.73. The molecular formula is C14H18BrN3OS. The minimum atomic E-state index is -0.428. The number of hydrogen-bond donors (Lipinski definition) is 1. The first-order valence-electron chi connectivity index (χ1n) is 6.87. The van der Waals surface area contributed by atoms with Crippen LogP contribution in [0.1, 0.15) is 44.0 Å². The Morgan fingerprint density at radius 2 is 2.35 bits per heavy atom. The van der Waals surface area contributed by atoms with Gasteiger partial charge in [0.2, 0.25) is 0 Å². The van der Waals surface area contributed by atoms with Crippen molar-refractivity contribution >= 4 is 27.3 Å². The molecule has 0 bridgehead atoms. The molecule has 1 saturated carbocycles. The first-order chi connectivity index (χ1) is 9.48. The normalized spacial score (nSPS) is 26.9. The van der Waals surface area contributed by atoms with Gasteiger partial charge in [0.15, 0.2) is 5.82 Å². The van der Waals surface area contributed by atoms with Crippen LogP contribution in [0.3, 0.4) is 0 Å². The summed E-state index contributed by atoms with van der Waals surface area (Å²) >= 11 is 5.13. The number of aryl methyl sites for hydroxylation is 1. The molecule has 0 saturated heterocycles. The van der Waals surface area contributed by atoms with Crippen LogP contribution in [0.4, 0.5) is 0 Å². The topological polar surface area (TPSA) is 64.9 Å². The fourth-order valence-corrected chi connectivity index (χ4v) is 4.34. The zero-order chi connectivity index (χ0) is 14.3. The Labute approximate surface area is 130 Å². The SMILES string of the molecule is Cc1cc(-c2nc(C3(N)CCCC(C)C3)no2)sc1Br. The molecule has 0 aromatic carbocycles. The summed E-state index contributed by atoms with van der Waals surface area (Å²) < 4.78 is 6.52. The second kappa shape index (κ2) is 5.24. The van der Waals surface area contributed by atoms with Crippen LogP contribution in [0.2, 0.25) is 0 Å². The lowest BCUT2D eigenvalue weighted by Gasteiger charge is -2.33. The monoisotopic (exact) mass is 355 g/mol. The number of nitrogens with zero attached hydrogens (tertiary/aromatic N) is 2. The second-order valence-corrected chi connectivity index (χ2v) is 8.22. The summed E-state index contributed by atoms with van der Waals surface area (Å²) in [6.45, 7) is 4.29. The maximum Gasteiger partial charge on any atom is 0.268 e. The van der Waals surface area contributed by atoms with Gasteiger partial charge in [-0.05, 0) is 53.2 Å². The zero-order valence-electron chi connectivity index (χ0n) is 11.6. The van der Waals surface area contributed by atoms with E-state index in [0.29, 0.717) is 17.6 Å². The molecule has 2 unspecified atom stereocenters. The molecule has 0 amide bonds. The Bertz CT molecular complexity index is 604. The van der Waals surface area contributed by atoms with Crippen LogP contribution >= 0.6 is 27.3 Å². The number of halogens is 1. The lowest BCUT2D eigenvalue weighted by Crippen LogP contribution is -2.42. The number of rotatable bonds is 2. The van der Waals surface area contributed by atoms with E-state index in [0.717, 1.165) is 27.9 Å². The lowest BCUT2D eigenvalue weighted by molar-refractivity contribution is 0.222. The molecule has 1 aliphatic carbocycles. The van der Waals surface area contributed by atoms with Crippen molar-refractivity contribution < 1.29 is 4.52 Å². The summed E-state index contributed by atoms with van der Waals surface area (Å²) in [5.41, 5.74) is 7.26. The molecule has 3 rings (SSSR count). The van der Waals surface area contributed by atoms with Gasteiger partial charge in [0.05, 0.1) is 14.2 Å². The van der Waals surface area contributed by atoms with Crippen molar-refractivity contribution in [1.29, 1.82) is 0 Å². The second-order valence-electron chi connectivity index (χ2n) is 5.85. The van der Waals surface area contributed by atoms with Crippen LogP contribution in [0.15, 0.2) is 14.4 Å². The van der Waals surface area contributed by atoms with Gasteiger partial charge in [-0.15, -0.1) is 11.3 Å². The van der Waals surface area contributed by atoms with Gasteiger partial charge in [-0.1, -0.05) is 24.9 Å². The number of hydrogen-bond acceptors (Lipinski definition) is 5. The van der Waals surface area contributed by atoms with Crippen molar-refractivity contribution in [2.45, 2.75) is 45.1 Å². The summed E-state index contributed by atoms with van der Waals surface area (Å²) in [6.07, 6.45) is 4.23. The first kappa shape index (κ1) is 14.2. The van der Waals surface area contributed by atoms with Crippen molar-refractivity contribution in [3.05, 3.63) is 21.2 Å². The molecule has 108 valence electrons. The molecular weight excluding hydrogens is 338 g/mol. The van der Waals surface area contributed by atoms with Crippen LogP contribution in [-0.2, 0) is 5.54 Å². The molecule has 0 spiro atoms. The molecule has 0 radical (unpaired) electrons. The third-order valence-corrected chi connectivity index (χ3v) is 6.10. The van der Waals surface area contributed by atoms with Crippen LogP contribution in [0.25, 0.3) is 10.8 Å². The van der Waals surface area contributed by atoms with Gasteiger partial charge in [-0.25, -0.2) is 0 Å². The quantitative estimate of drug-likeness (QED) is 0.874. The van der Waals surface area contributed by atoms with E-state index < -0.39 is 5.54 Å². The van der Waals surface area contributed by atoms with Crippen LogP contribution < -0.4 is 5.73 Å². The molecule has 2 N–H and O–H groups in total. The summed E-state index contributed by atoms with van der Waals surface area (Å²) in [6, 6.07) is 2.05. The number of nitrogens with two attached hydrogens (primary N) is 1. The average Bonchev–Trinajstić information content (AvgIpc) is 2.97. The van der Waals surface area contributed by atoms with Gasteiger partial charge in [0.1, 0.15) is 0 Å². The maximum atomic E-state index is 6.51. The Balaban J connectivity index is 1.90. The van der Waals surface area contributed by atoms with Crippen LogP contribution in [0, 0.1) is 12.8 Å². The fourth-order valence-electron chi connectivity index (χ4n) is 2.89. The van der Waals surface area contributed by atoms with Crippen molar-refractivity contribution in [3.63, 3.8) is 0 Å². The molecule has 2 atom stereocenters. The highest BCUT2D eigenvalue weighted by Crippen LogP contribution is 2.38. The minimum absolute atomic E-state index is 0.428. The maximum absolute atomic E-state index is 6.51. The lowest BCUT2D eigenvalue weighted by atomic mass is 9.76. The molecule has 4 nitrogen and oxygen atoms in total. The predicted molar refractivity (Wildman–Crippen MR) is 83.5 cm³/mol. The van der Waals surface area contributed by atoms with E-state index in [1.807, 2.05) is 0 Å². The van der Waals surface area contributed by atoms with Crippen LogP contribution in [0.5, 0.6) is 0 Å². The fraction of sp³-hybridized carbons (Fsp3) is 0.571. The molecule has 1 fully saturated rings. The van der Waals surface area contributed by atoms with Gasteiger partial charge in [0, 0.05) is 0 Å². The average molecular weight is 356 g/mol. The van der Waals surface area contributed by atoms with Crippen LogP contribution in [-0.4, -0.2) is 10.1 Å². The summed E-state index contributed by atoms with van der Waals surface area (Å²) in [7, 11) is 0. The van der Waals surface area contributed by atoms with Crippen molar-refractivity contribution in [2.75, 3.05) is 0 Å². The highest BCUT2D eigenvalue weighted by atomic mass is 79.9. The molecule has 6 heteroatoms. The van der Waals surface area contributed by atoms with Crippen molar-refractivity contribution in [3.8, 4) is 10.8 Å². The van der Waals surface area contributed by atoms with Gasteiger partial charge < -0.3 is 10.3 Å².